The molecule has 5 nitrogen and oxygen atoms in total. The molecule has 0 bridgehead atoms. The monoisotopic (exact) mass is 302 g/mol. The number of quaternary nitrogens is 1. The molecule has 5 heteroatoms. The van der Waals surface area contributed by atoms with Gasteiger partial charge in [-0.2, -0.15) is 0 Å². The largest absolute Gasteiger partial charge is 0.348 e. The van der Waals surface area contributed by atoms with Gasteiger partial charge in [0.15, 0.2) is 11.6 Å². The minimum Gasteiger partial charge on any atom is -0.348 e. The Morgan fingerprint density at radius 1 is 0.905 bits per heavy atom. The van der Waals surface area contributed by atoms with Crippen LogP contribution in [0, 0.1) is 0 Å². The van der Waals surface area contributed by atoms with Crippen LogP contribution in [0.1, 0.15) is 41.0 Å². The van der Waals surface area contributed by atoms with Crippen LogP contribution in [-0.4, -0.2) is 68.2 Å². The Balaban J connectivity index is 1.93. The molecule has 2 heterocycles. The molecule has 0 radical (unpaired) electrons. The Kier molecular flexibility index (Phi) is 5.01. The van der Waals surface area contributed by atoms with E-state index >= 15 is 0 Å². The van der Waals surface area contributed by atoms with Gasteiger partial charge in [-0.05, 0) is 34.1 Å². The van der Waals surface area contributed by atoms with Crippen molar-refractivity contribution >= 4 is 0 Å². The molecule has 0 amide bonds. The van der Waals surface area contributed by atoms with Crippen LogP contribution in [0.15, 0.2) is 0 Å². The molecule has 0 aliphatic carbocycles. The number of nitrogens with zero attached hydrogens (tertiary/aromatic N) is 1. The maximum absolute atomic E-state index is 5.99. The molecule has 2 rings (SSSR count). The third-order valence-corrected chi connectivity index (χ3v) is 4.19. The summed E-state index contributed by atoms with van der Waals surface area (Å²) in [5.41, 5.74) is 0. The Labute approximate surface area is 129 Å². The molecule has 2 aliphatic rings. The average Bonchev–Trinajstić information content (AvgIpc) is 2.81. The highest BCUT2D eigenvalue weighted by atomic mass is 16.7. The first kappa shape index (κ1) is 17.2. The van der Waals surface area contributed by atoms with Crippen molar-refractivity contribution in [2.75, 3.05) is 39.9 Å². The van der Waals surface area contributed by atoms with Gasteiger partial charge in [-0.3, -0.25) is 0 Å². The molecule has 0 saturated carbocycles. The van der Waals surface area contributed by atoms with E-state index < -0.39 is 11.6 Å². The average molecular weight is 302 g/mol. The lowest BCUT2D eigenvalue weighted by Crippen LogP contribution is -2.54. The van der Waals surface area contributed by atoms with E-state index in [4.69, 9.17) is 18.9 Å². The third-order valence-electron chi connectivity index (χ3n) is 4.19. The summed E-state index contributed by atoms with van der Waals surface area (Å²) in [5, 5.41) is 0. The highest BCUT2D eigenvalue weighted by molar-refractivity contribution is 4.74. The Hall–Kier alpha value is -0.200. The van der Waals surface area contributed by atoms with E-state index in [0.29, 0.717) is 13.2 Å². The molecule has 0 aromatic heterocycles. The molecule has 21 heavy (non-hydrogen) atoms. The minimum absolute atomic E-state index is 0.159. The quantitative estimate of drug-likeness (QED) is 0.705. The zero-order valence-electron chi connectivity index (χ0n) is 14.5. The minimum atomic E-state index is -0.448. The molecular weight excluding hydrogens is 270 g/mol. The number of likely N-dealkylation sites (N-methyl/N-ethyl adjacent to an activating group) is 1. The van der Waals surface area contributed by atoms with E-state index in [0.717, 1.165) is 30.5 Å². The summed E-state index contributed by atoms with van der Waals surface area (Å²) < 4.78 is 24.3. The molecule has 0 aromatic carbocycles. The van der Waals surface area contributed by atoms with Crippen molar-refractivity contribution in [2.24, 2.45) is 0 Å². The van der Waals surface area contributed by atoms with Crippen molar-refractivity contribution < 1.29 is 23.4 Å². The van der Waals surface area contributed by atoms with Gasteiger partial charge in [0.2, 0.25) is 0 Å². The standard InChI is InChI=1S/C16H32NO4/c1-7-8-17(6,9-13-11-18-15(2,3)20-13)10-14-12-19-16(4,5)21-14/h13-14H,7-12H2,1-6H3/q+1. The van der Waals surface area contributed by atoms with Gasteiger partial charge in [0.25, 0.3) is 0 Å². The van der Waals surface area contributed by atoms with Crippen LogP contribution in [-0.2, 0) is 18.9 Å². The molecular formula is C16H32NO4+. The second kappa shape index (κ2) is 6.13. The van der Waals surface area contributed by atoms with Gasteiger partial charge in [0.1, 0.15) is 25.3 Å². The SMILES string of the molecule is CCC[N+](C)(CC1COC(C)(C)O1)CC1COC(C)(C)O1. The lowest BCUT2D eigenvalue weighted by molar-refractivity contribution is -0.915. The molecule has 124 valence electrons. The summed E-state index contributed by atoms with van der Waals surface area (Å²) in [6.45, 7) is 14.5. The van der Waals surface area contributed by atoms with Crippen LogP contribution in [0.3, 0.4) is 0 Å². The molecule has 2 atom stereocenters. The molecule has 0 aromatic rings. The summed E-state index contributed by atoms with van der Waals surface area (Å²) in [4.78, 5) is 0. The fourth-order valence-corrected chi connectivity index (χ4v) is 3.49. The topological polar surface area (TPSA) is 36.9 Å². The summed E-state index contributed by atoms with van der Waals surface area (Å²) in [5.74, 6) is -0.895. The van der Waals surface area contributed by atoms with Gasteiger partial charge in [-0.15, -0.1) is 0 Å². The molecule has 2 saturated heterocycles. The van der Waals surface area contributed by atoms with Crippen LogP contribution in [0.5, 0.6) is 0 Å². The van der Waals surface area contributed by atoms with Gasteiger partial charge < -0.3 is 23.4 Å². The van der Waals surface area contributed by atoms with Gasteiger partial charge in [0, 0.05) is 0 Å². The Bertz CT molecular complexity index is 328. The van der Waals surface area contributed by atoms with Crippen LogP contribution in [0.2, 0.25) is 0 Å². The van der Waals surface area contributed by atoms with Crippen LogP contribution < -0.4 is 0 Å². The number of hydrogen-bond acceptors (Lipinski definition) is 4. The summed E-state index contributed by atoms with van der Waals surface area (Å²) in [6.07, 6.45) is 1.46. The van der Waals surface area contributed by atoms with Gasteiger partial charge in [-0.1, -0.05) is 6.92 Å². The molecule has 2 fully saturated rings. The maximum atomic E-state index is 5.99. The highest BCUT2D eigenvalue weighted by Crippen LogP contribution is 2.27. The van der Waals surface area contributed by atoms with Crippen molar-refractivity contribution in [3.63, 3.8) is 0 Å². The number of ether oxygens (including phenoxy) is 4. The van der Waals surface area contributed by atoms with Gasteiger partial charge >= 0.3 is 0 Å². The number of rotatable bonds is 6. The highest BCUT2D eigenvalue weighted by Gasteiger charge is 2.41. The second-order valence-corrected chi connectivity index (χ2v) is 7.61. The van der Waals surface area contributed by atoms with Crippen molar-refractivity contribution in [1.29, 1.82) is 0 Å². The van der Waals surface area contributed by atoms with Crippen LogP contribution in [0.25, 0.3) is 0 Å². The molecule has 0 N–H and O–H groups in total. The smallest absolute Gasteiger partial charge is 0.163 e. The van der Waals surface area contributed by atoms with E-state index in [2.05, 4.69) is 14.0 Å². The van der Waals surface area contributed by atoms with Crippen LogP contribution >= 0.6 is 0 Å². The zero-order chi connectivity index (χ0) is 15.7. The van der Waals surface area contributed by atoms with E-state index in [1.165, 1.54) is 0 Å². The summed E-state index contributed by atoms with van der Waals surface area (Å²) in [7, 11) is 2.28. The second-order valence-electron chi connectivity index (χ2n) is 7.61. The van der Waals surface area contributed by atoms with E-state index in [9.17, 15) is 0 Å². The first-order chi connectivity index (χ1) is 9.63. The van der Waals surface area contributed by atoms with E-state index in [1.807, 2.05) is 27.7 Å². The van der Waals surface area contributed by atoms with E-state index in [-0.39, 0.29) is 12.2 Å². The van der Waals surface area contributed by atoms with Crippen molar-refractivity contribution in [3.05, 3.63) is 0 Å². The molecule has 0 spiro atoms. The van der Waals surface area contributed by atoms with Gasteiger partial charge in [0.05, 0.1) is 26.8 Å². The maximum Gasteiger partial charge on any atom is 0.163 e. The van der Waals surface area contributed by atoms with Crippen molar-refractivity contribution in [3.8, 4) is 0 Å². The zero-order valence-corrected chi connectivity index (χ0v) is 14.5. The van der Waals surface area contributed by atoms with Crippen molar-refractivity contribution in [2.45, 2.75) is 64.8 Å². The third kappa shape index (κ3) is 4.89. The summed E-state index contributed by atoms with van der Waals surface area (Å²) in [6, 6.07) is 0. The fraction of sp³-hybridized carbons (Fsp3) is 1.00. The Morgan fingerprint density at radius 2 is 1.33 bits per heavy atom. The predicted molar refractivity (Wildman–Crippen MR) is 80.9 cm³/mol. The first-order valence-electron chi connectivity index (χ1n) is 8.10. The van der Waals surface area contributed by atoms with E-state index in [1.54, 1.807) is 0 Å². The lowest BCUT2D eigenvalue weighted by atomic mass is 10.2. The fourth-order valence-electron chi connectivity index (χ4n) is 3.49. The first-order valence-corrected chi connectivity index (χ1v) is 8.10. The predicted octanol–water partition coefficient (Wildman–Crippen LogP) is 2.15. The number of hydrogen-bond donors (Lipinski definition) is 0. The summed E-state index contributed by atoms with van der Waals surface area (Å²) >= 11 is 0. The molecule has 2 unspecified atom stereocenters. The van der Waals surface area contributed by atoms with Gasteiger partial charge in [-0.25, -0.2) is 0 Å². The lowest BCUT2D eigenvalue weighted by Gasteiger charge is -2.37. The Morgan fingerprint density at radius 3 is 1.62 bits per heavy atom. The molecule has 2 aliphatic heterocycles. The normalized spacial score (nSPS) is 34.0. The van der Waals surface area contributed by atoms with Crippen LogP contribution in [0.4, 0.5) is 0 Å². The van der Waals surface area contributed by atoms with Crippen molar-refractivity contribution in [1.82, 2.24) is 0 Å².